The summed E-state index contributed by atoms with van der Waals surface area (Å²) in [6.45, 7) is 4.06. The molecule has 2 aromatic carbocycles. The third kappa shape index (κ3) is 5.37. The van der Waals surface area contributed by atoms with Crippen LogP contribution in [0, 0.1) is 5.82 Å². The van der Waals surface area contributed by atoms with Gasteiger partial charge in [-0.3, -0.25) is 4.90 Å². The summed E-state index contributed by atoms with van der Waals surface area (Å²) in [4.78, 5) is 4.46. The van der Waals surface area contributed by atoms with Crippen molar-refractivity contribution >= 4 is 17.3 Å². The van der Waals surface area contributed by atoms with Crippen LogP contribution in [-0.4, -0.2) is 78.8 Å². The van der Waals surface area contributed by atoms with E-state index in [2.05, 4.69) is 15.1 Å². The van der Waals surface area contributed by atoms with Gasteiger partial charge in [-0.2, -0.15) is 0 Å². The summed E-state index contributed by atoms with van der Waals surface area (Å²) < 4.78 is 19.2. The number of halogens is 2. The van der Waals surface area contributed by atoms with Gasteiger partial charge in [0, 0.05) is 50.0 Å². The summed E-state index contributed by atoms with van der Waals surface area (Å²) in [7, 11) is 0. The molecule has 4 atom stereocenters. The molecule has 4 unspecified atom stereocenters. The van der Waals surface area contributed by atoms with Gasteiger partial charge in [0.25, 0.3) is 0 Å². The van der Waals surface area contributed by atoms with E-state index in [1.807, 2.05) is 24.3 Å². The van der Waals surface area contributed by atoms with E-state index in [4.69, 9.17) is 16.3 Å². The number of hydrogen-bond donors (Lipinski definition) is 3. The van der Waals surface area contributed by atoms with Gasteiger partial charge >= 0.3 is 0 Å². The summed E-state index contributed by atoms with van der Waals surface area (Å²) in [5.41, 5.74) is 2.08. The van der Waals surface area contributed by atoms with Crippen LogP contribution in [-0.2, 0) is 11.3 Å². The van der Waals surface area contributed by atoms with Crippen molar-refractivity contribution in [3.8, 4) is 0 Å². The van der Waals surface area contributed by atoms with Crippen LogP contribution in [0.4, 0.5) is 10.1 Å². The summed E-state index contributed by atoms with van der Waals surface area (Å²) in [5, 5.41) is 24.5. The minimum absolute atomic E-state index is 0.195. The molecule has 0 radical (unpaired) electrons. The lowest BCUT2D eigenvalue weighted by Gasteiger charge is -2.41. The molecule has 31 heavy (non-hydrogen) atoms. The zero-order valence-electron chi connectivity index (χ0n) is 17.3. The molecule has 6 nitrogen and oxygen atoms in total. The molecule has 0 bridgehead atoms. The van der Waals surface area contributed by atoms with Crippen LogP contribution in [0.5, 0.6) is 0 Å². The smallest absolute Gasteiger partial charge is 0.123 e. The van der Waals surface area contributed by atoms with Crippen molar-refractivity contribution in [3.05, 3.63) is 64.9 Å². The van der Waals surface area contributed by atoms with Crippen molar-refractivity contribution in [2.75, 3.05) is 44.2 Å². The fourth-order valence-electron chi connectivity index (χ4n) is 4.53. The Morgan fingerprint density at radius 3 is 2.48 bits per heavy atom. The summed E-state index contributed by atoms with van der Waals surface area (Å²) >= 11 is 6.05. The maximum Gasteiger partial charge on any atom is 0.123 e. The Morgan fingerprint density at radius 1 is 1.06 bits per heavy atom. The normalized spacial score (nSPS) is 27.0. The molecule has 0 aromatic heterocycles. The zero-order valence-corrected chi connectivity index (χ0v) is 18.1. The molecule has 2 fully saturated rings. The molecular formula is C23H29ClFN3O3. The fourth-order valence-corrected chi connectivity index (χ4v) is 4.75. The average molecular weight is 450 g/mol. The number of anilines is 1. The van der Waals surface area contributed by atoms with Gasteiger partial charge in [0.05, 0.1) is 18.8 Å². The third-order valence-corrected chi connectivity index (χ3v) is 6.37. The van der Waals surface area contributed by atoms with Gasteiger partial charge in [-0.25, -0.2) is 4.39 Å². The van der Waals surface area contributed by atoms with Crippen molar-refractivity contribution in [1.29, 1.82) is 0 Å². The quantitative estimate of drug-likeness (QED) is 0.599. The molecule has 3 N–H and O–H groups in total. The van der Waals surface area contributed by atoms with Crippen LogP contribution in [0.2, 0.25) is 5.02 Å². The topological polar surface area (TPSA) is 68.2 Å². The monoisotopic (exact) mass is 449 g/mol. The van der Waals surface area contributed by atoms with Crippen LogP contribution >= 0.6 is 11.6 Å². The number of nitrogens with zero attached hydrogens (tertiary/aromatic N) is 2. The lowest BCUT2D eigenvalue weighted by atomic mass is 10.0. The SMILES string of the molecule is OCC1OC(CNCc2cccc(Cl)c2)C(N2CCN(c3ccc(F)cc3)CC2)C1O. The van der Waals surface area contributed by atoms with Crippen molar-refractivity contribution in [1.82, 2.24) is 10.2 Å². The highest BCUT2D eigenvalue weighted by Gasteiger charge is 2.46. The number of piperazine rings is 1. The van der Waals surface area contributed by atoms with Crippen LogP contribution in [0.25, 0.3) is 0 Å². The average Bonchev–Trinajstić information content (AvgIpc) is 3.10. The molecule has 2 saturated heterocycles. The van der Waals surface area contributed by atoms with E-state index in [9.17, 15) is 14.6 Å². The molecule has 2 heterocycles. The minimum Gasteiger partial charge on any atom is -0.394 e. The van der Waals surface area contributed by atoms with E-state index in [1.165, 1.54) is 12.1 Å². The number of hydrogen-bond acceptors (Lipinski definition) is 6. The molecule has 2 aromatic rings. The predicted octanol–water partition coefficient (Wildman–Crippen LogP) is 1.88. The van der Waals surface area contributed by atoms with Crippen molar-refractivity contribution in [3.63, 3.8) is 0 Å². The summed E-state index contributed by atoms with van der Waals surface area (Å²) in [5.74, 6) is -0.239. The molecule has 8 heteroatoms. The van der Waals surface area contributed by atoms with E-state index >= 15 is 0 Å². The zero-order chi connectivity index (χ0) is 21.8. The summed E-state index contributed by atoms with van der Waals surface area (Å²) in [6, 6.07) is 14.0. The first-order chi connectivity index (χ1) is 15.0. The molecule has 4 rings (SSSR count). The number of ether oxygens (including phenoxy) is 1. The number of aliphatic hydroxyl groups is 2. The van der Waals surface area contributed by atoms with Crippen LogP contribution in [0.3, 0.4) is 0 Å². The molecule has 0 saturated carbocycles. The molecule has 168 valence electrons. The van der Waals surface area contributed by atoms with Crippen LogP contribution < -0.4 is 10.2 Å². The van der Waals surface area contributed by atoms with E-state index < -0.39 is 12.2 Å². The first-order valence-corrected chi connectivity index (χ1v) is 11.1. The van der Waals surface area contributed by atoms with Gasteiger partial charge in [-0.15, -0.1) is 0 Å². The maximum absolute atomic E-state index is 13.2. The Hall–Kier alpha value is -1.74. The highest BCUT2D eigenvalue weighted by atomic mass is 35.5. The highest BCUT2D eigenvalue weighted by molar-refractivity contribution is 6.30. The highest BCUT2D eigenvalue weighted by Crippen LogP contribution is 2.28. The summed E-state index contributed by atoms with van der Waals surface area (Å²) in [6.07, 6.45) is -1.57. The molecule has 2 aliphatic rings. The van der Waals surface area contributed by atoms with Gasteiger partial charge in [0.2, 0.25) is 0 Å². The van der Waals surface area contributed by atoms with Crippen LogP contribution in [0.1, 0.15) is 5.56 Å². The van der Waals surface area contributed by atoms with Gasteiger partial charge < -0.3 is 25.2 Å². The van der Waals surface area contributed by atoms with E-state index in [-0.39, 0.29) is 24.6 Å². The predicted molar refractivity (Wildman–Crippen MR) is 119 cm³/mol. The second kappa shape index (κ2) is 10.3. The molecular weight excluding hydrogens is 421 g/mol. The molecule has 2 aliphatic heterocycles. The lowest BCUT2D eigenvalue weighted by molar-refractivity contribution is -0.0213. The van der Waals surface area contributed by atoms with Gasteiger partial charge in [0.1, 0.15) is 18.0 Å². The number of benzene rings is 2. The fraction of sp³-hybridized carbons (Fsp3) is 0.478. The molecule has 0 amide bonds. The van der Waals surface area contributed by atoms with Gasteiger partial charge in [0.15, 0.2) is 0 Å². The van der Waals surface area contributed by atoms with E-state index in [1.54, 1.807) is 12.1 Å². The van der Waals surface area contributed by atoms with Crippen LogP contribution in [0.15, 0.2) is 48.5 Å². The number of aliphatic hydroxyl groups excluding tert-OH is 2. The van der Waals surface area contributed by atoms with Crippen molar-refractivity contribution < 1.29 is 19.3 Å². The largest absolute Gasteiger partial charge is 0.394 e. The molecule has 0 aliphatic carbocycles. The lowest BCUT2D eigenvalue weighted by Crippen LogP contribution is -2.57. The van der Waals surface area contributed by atoms with E-state index in [0.29, 0.717) is 18.1 Å². The Bertz CT molecular complexity index is 848. The minimum atomic E-state index is -0.750. The van der Waals surface area contributed by atoms with Gasteiger partial charge in [-0.05, 0) is 42.0 Å². The van der Waals surface area contributed by atoms with Crippen molar-refractivity contribution in [2.24, 2.45) is 0 Å². The second-order valence-electron chi connectivity index (χ2n) is 8.14. The first kappa shape index (κ1) is 22.5. The Kier molecular flexibility index (Phi) is 7.43. The standard InChI is InChI=1S/C23H29ClFN3O3/c24-17-3-1-2-16(12-17)13-26-14-20-22(23(30)21(15-29)31-20)28-10-8-27(9-11-28)19-6-4-18(25)5-7-19/h1-7,12,20-23,26,29-30H,8-11,13-15H2. The van der Waals surface area contributed by atoms with Crippen molar-refractivity contribution in [2.45, 2.75) is 30.9 Å². The first-order valence-electron chi connectivity index (χ1n) is 10.7. The molecule has 0 spiro atoms. The Morgan fingerprint density at radius 2 is 1.81 bits per heavy atom. The Labute approximate surface area is 187 Å². The number of nitrogens with one attached hydrogen (secondary N) is 1. The number of rotatable bonds is 7. The third-order valence-electron chi connectivity index (χ3n) is 6.13. The van der Waals surface area contributed by atoms with Gasteiger partial charge in [-0.1, -0.05) is 23.7 Å². The Balaban J connectivity index is 1.36. The van der Waals surface area contributed by atoms with E-state index in [0.717, 1.165) is 37.4 Å². The maximum atomic E-state index is 13.2. The second-order valence-corrected chi connectivity index (χ2v) is 8.57.